The van der Waals surface area contributed by atoms with Crippen LogP contribution in [0.15, 0.2) is 35.5 Å². The smallest absolute Gasteiger partial charge is 0.125 e. The third-order valence-corrected chi connectivity index (χ3v) is 2.83. The lowest BCUT2D eigenvalue weighted by Gasteiger charge is -1.93. The predicted molar refractivity (Wildman–Crippen MR) is 75.8 cm³/mol. The largest absolute Gasteiger partial charge is 0.207 e. The van der Waals surface area contributed by atoms with Crippen molar-refractivity contribution in [3.8, 4) is 0 Å². The van der Waals surface area contributed by atoms with E-state index in [-0.39, 0.29) is 0 Å². The molecule has 0 aromatic heterocycles. The Morgan fingerprint density at radius 1 is 1.00 bits per heavy atom. The molecule has 104 valence electrons. The van der Waals surface area contributed by atoms with Gasteiger partial charge in [0.1, 0.15) is 11.7 Å². The summed E-state index contributed by atoms with van der Waals surface area (Å²) in [5.41, 5.74) is 0.573. The van der Waals surface area contributed by atoms with Crippen LogP contribution in [0.3, 0.4) is 0 Å². The Morgan fingerprint density at radius 2 is 1.56 bits per heavy atom. The van der Waals surface area contributed by atoms with E-state index >= 15 is 0 Å². The van der Waals surface area contributed by atoms with Crippen LogP contribution in [0.2, 0.25) is 0 Å². The summed E-state index contributed by atoms with van der Waals surface area (Å²) in [6, 6.07) is 0. The SMILES string of the molecule is CC1=C(F)C=C(F)C=CC1.CCCCCCCC. The van der Waals surface area contributed by atoms with Crippen molar-refractivity contribution in [2.24, 2.45) is 0 Å². The van der Waals surface area contributed by atoms with E-state index in [1.807, 2.05) is 0 Å². The predicted octanol–water partition coefficient (Wildman–Crippen LogP) is 6.41. The van der Waals surface area contributed by atoms with E-state index in [9.17, 15) is 8.78 Å². The molecule has 0 N–H and O–H groups in total. The molecule has 0 aliphatic heterocycles. The van der Waals surface area contributed by atoms with Gasteiger partial charge in [-0.05, 0) is 25.0 Å². The molecule has 0 amide bonds. The maximum absolute atomic E-state index is 12.6. The zero-order chi connectivity index (χ0) is 13.8. The molecular weight excluding hydrogens is 230 g/mol. The fourth-order valence-electron chi connectivity index (χ4n) is 1.59. The minimum atomic E-state index is -0.519. The molecule has 1 aliphatic rings. The van der Waals surface area contributed by atoms with Crippen molar-refractivity contribution in [1.82, 2.24) is 0 Å². The van der Waals surface area contributed by atoms with Crippen molar-refractivity contribution in [3.05, 3.63) is 35.5 Å². The maximum atomic E-state index is 12.6. The van der Waals surface area contributed by atoms with Crippen molar-refractivity contribution in [2.45, 2.75) is 65.7 Å². The van der Waals surface area contributed by atoms with Crippen LogP contribution in [0.1, 0.15) is 65.7 Å². The minimum Gasteiger partial charge on any atom is -0.207 e. The van der Waals surface area contributed by atoms with Crippen molar-refractivity contribution in [1.29, 1.82) is 0 Å². The lowest BCUT2D eigenvalue weighted by molar-refractivity contribution is 0.624. The first kappa shape index (κ1) is 17.1. The van der Waals surface area contributed by atoms with E-state index in [0.717, 1.165) is 6.08 Å². The summed E-state index contributed by atoms with van der Waals surface area (Å²) >= 11 is 0. The van der Waals surface area contributed by atoms with Gasteiger partial charge in [0.15, 0.2) is 0 Å². The molecule has 0 saturated carbocycles. The van der Waals surface area contributed by atoms with Gasteiger partial charge in [-0.2, -0.15) is 0 Å². The molecule has 0 aromatic rings. The summed E-state index contributed by atoms with van der Waals surface area (Å²) in [4.78, 5) is 0. The highest BCUT2D eigenvalue weighted by Gasteiger charge is 2.01. The number of hydrogen-bond acceptors (Lipinski definition) is 0. The zero-order valence-corrected chi connectivity index (χ0v) is 11.9. The van der Waals surface area contributed by atoms with Crippen molar-refractivity contribution in [2.75, 3.05) is 0 Å². The first-order valence-electron chi connectivity index (χ1n) is 7.00. The van der Waals surface area contributed by atoms with E-state index in [1.165, 1.54) is 44.6 Å². The van der Waals surface area contributed by atoms with Gasteiger partial charge in [-0.15, -0.1) is 0 Å². The standard InChI is InChI=1S/C8H8F2.C8H18/c1-6-3-2-4-7(9)5-8(6)10;1-3-5-7-8-6-4-2/h2,4-5H,3H2,1H3;3-8H2,1-2H3. The second-order valence-corrected chi connectivity index (χ2v) is 4.68. The average molecular weight is 256 g/mol. The number of rotatable bonds is 5. The van der Waals surface area contributed by atoms with Crippen LogP contribution in [0.25, 0.3) is 0 Å². The molecule has 0 radical (unpaired) electrons. The third kappa shape index (κ3) is 9.15. The second kappa shape index (κ2) is 11.2. The van der Waals surface area contributed by atoms with Gasteiger partial charge in [0.2, 0.25) is 0 Å². The molecule has 0 saturated heterocycles. The fraction of sp³-hybridized carbons (Fsp3) is 0.625. The molecular formula is C16H26F2. The van der Waals surface area contributed by atoms with Crippen LogP contribution < -0.4 is 0 Å². The Kier molecular flexibility index (Phi) is 10.6. The van der Waals surface area contributed by atoms with E-state index < -0.39 is 11.7 Å². The molecule has 0 nitrogen and oxygen atoms in total. The summed E-state index contributed by atoms with van der Waals surface area (Å²) in [5.74, 6) is -0.975. The van der Waals surface area contributed by atoms with E-state index in [2.05, 4.69) is 13.8 Å². The molecule has 0 aromatic carbocycles. The Bertz CT molecular complexity index is 292. The highest BCUT2D eigenvalue weighted by Crippen LogP contribution is 2.18. The number of unbranched alkanes of at least 4 members (excludes halogenated alkanes) is 5. The molecule has 0 heterocycles. The van der Waals surface area contributed by atoms with E-state index in [0.29, 0.717) is 12.0 Å². The molecule has 2 heteroatoms. The van der Waals surface area contributed by atoms with Crippen LogP contribution >= 0.6 is 0 Å². The zero-order valence-electron chi connectivity index (χ0n) is 11.9. The van der Waals surface area contributed by atoms with Gasteiger partial charge in [0.05, 0.1) is 0 Å². The van der Waals surface area contributed by atoms with Crippen molar-refractivity contribution < 1.29 is 8.78 Å². The van der Waals surface area contributed by atoms with Gasteiger partial charge < -0.3 is 0 Å². The molecule has 0 bridgehead atoms. The van der Waals surface area contributed by atoms with Crippen LogP contribution in [0.5, 0.6) is 0 Å². The lowest BCUT2D eigenvalue weighted by atomic mass is 10.1. The van der Waals surface area contributed by atoms with Gasteiger partial charge in [-0.25, -0.2) is 8.78 Å². The van der Waals surface area contributed by atoms with Gasteiger partial charge in [0.25, 0.3) is 0 Å². The molecule has 0 atom stereocenters. The maximum Gasteiger partial charge on any atom is 0.125 e. The van der Waals surface area contributed by atoms with Crippen LogP contribution in [0, 0.1) is 0 Å². The summed E-state index contributed by atoms with van der Waals surface area (Å²) in [5, 5.41) is 0. The van der Waals surface area contributed by atoms with E-state index in [1.54, 1.807) is 13.0 Å². The summed E-state index contributed by atoms with van der Waals surface area (Å²) in [6.45, 7) is 6.16. The number of halogens is 2. The quantitative estimate of drug-likeness (QED) is 0.498. The number of allylic oxidation sites excluding steroid dienone is 6. The van der Waals surface area contributed by atoms with Crippen molar-refractivity contribution >= 4 is 0 Å². The normalized spacial score (nSPS) is 14.8. The fourth-order valence-corrected chi connectivity index (χ4v) is 1.59. The highest BCUT2D eigenvalue weighted by molar-refractivity contribution is 5.30. The highest BCUT2D eigenvalue weighted by atomic mass is 19.1. The average Bonchev–Trinajstić information content (AvgIpc) is 2.48. The first-order chi connectivity index (χ1) is 8.61. The molecule has 0 fully saturated rings. The summed E-state index contributed by atoms with van der Waals surface area (Å²) in [6.07, 6.45) is 12.8. The minimum absolute atomic E-state index is 0.456. The number of hydrogen-bond donors (Lipinski definition) is 0. The van der Waals surface area contributed by atoms with Crippen LogP contribution in [-0.4, -0.2) is 0 Å². The lowest BCUT2D eigenvalue weighted by Crippen LogP contribution is -1.74. The second-order valence-electron chi connectivity index (χ2n) is 4.68. The Morgan fingerprint density at radius 3 is 2.06 bits per heavy atom. The molecule has 0 unspecified atom stereocenters. The van der Waals surface area contributed by atoms with Crippen molar-refractivity contribution in [3.63, 3.8) is 0 Å². The Hall–Kier alpha value is -0.920. The Balaban J connectivity index is 0.000000331. The van der Waals surface area contributed by atoms with Crippen LogP contribution in [-0.2, 0) is 0 Å². The molecule has 1 rings (SSSR count). The van der Waals surface area contributed by atoms with Crippen LogP contribution in [0.4, 0.5) is 8.78 Å². The van der Waals surface area contributed by atoms with E-state index in [4.69, 9.17) is 0 Å². The topological polar surface area (TPSA) is 0 Å². The summed E-state index contributed by atoms with van der Waals surface area (Å²) in [7, 11) is 0. The van der Waals surface area contributed by atoms with Gasteiger partial charge in [-0.3, -0.25) is 0 Å². The molecule has 18 heavy (non-hydrogen) atoms. The molecule has 1 aliphatic carbocycles. The summed E-state index contributed by atoms with van der Waals surface area (Å²) < 4.78 is 25.0. The monoisotopic (exact) mass is 256 g/mol. The van der Waals surface area contributed by atoms with Gasteiger partial charge >= 0.3 is 0 Å². The first-order valence-corrected chi connectivity index (χ1v) is 7.00. The Labute approximate surface area is 110 Å². The third-order valence-electron chi connectivity index (χ3n) is 2.83. The van der Waals surface area contributed by atoms with Gasteiger partial charge in [-0.1, -0.05) is 58.4 Å². The molecule has 0 spiro atoms. The van der Waals surface area contributed by atoms with Gasteiger partial charge in [0, 0.05) is 6.08 Å².